The molecule has 2 rings (SSSR count). The predicted octanol–water partition coefficient (Wildman–Crippen LogP) is 2.06. The molecule has 6 nitrogen and oxygen atoms in total. The zero-order valence-electron chi connectivity index (χ0n) is 10.9. The Morgan fingerprint density at radius 2 is 1.81 bits per heavy atom. The van der Waals surface area contributed by atoms with Crippen LogP contribution in [0.25, 0.3) is 5.53 Å². The maximum Gasteiger partial charge on any atom is 0.499 e. The third-order valence-corrected chi connectivity index (χ3v) is 8.33. The van der Waals surface area contributed by atoms with Gasteiger partial charge in [-0.1, -0.05) is 30.5 Å². The van der Waals surface area contributed by atoms with E-state index in [0.29, 0.717) is 25.7 Å². The zero-order chi connectivity index (χ0) is 15.7. The van der Waals surface area contributed by atoms with Crippen LogP contribution in [-0.2, 0) is 19.7 Å². The standard InChI is InChI=1S/C12H13ClN2O4S2/c13-9-4-3-7-11(8-9)21(18,19)12(15-14)20(16,17)10-5-1-2-6-10/h3-4,7-8,10H,1-2,5-6H2. The molecule has 0 aliphatic heterocycles. The Bertz CT molecular complexity index is 805. The molecule has 1 aromatic rings. The van der Waals surface area contributed by atoms with Gasteiger partial charge in [-0.25, -0.2) is 16.8 Å². The normalized spacial score (nSPS) is 16.6. The average molecular weight is 349 g/mol. The molecule has 0 heterocycles. The van der Waals surface area contributed by atoms with Gasteiger partial charge < -0.3 is 5.53 Å². The molecule has 0 aromatic heterocycles. The van der Waals surface area contributed by atoms with Crippen LogP contribution in [0.5, 0.6) is 0 Å². The molecule has 114 valence electrons. The Hall–Kier alpha value is -1.21. The molecule has 21 heavy (non-hydrogen) atoms. The lowest BCUT2D eigenvalue weighted by molar-refractivity contribution is 0.00373. The van der Waals surface area contributed by atoms with Gasteiger partial charge in [-0.05, 0) is 31.0 Å². The maximum atomic E-state index is 12.4. The average Bonchev–Trinajstić information content (AvgIpc) is 2.93. The topological polar surface area (TPSA) is 105 Å². The van der Waals surface area contributed by atoms with E-state index in [4.69, 9.17) is 17.1 Å². The Labute approximate surface area is 128 Å². The summed E-state index contributed by atoms with van der Waals surface area (Å²) in [5.41, 5.74) is 8.98. The molecule has 1 fully saturated rings. The van der Waals surface area contributed by atoms with Crippen LogP contribution in [0.3, 0.4) is 0 Å². The molecule has 0 N–H and O–H groups in total. The van der Waals surface area contributed by atoms with Gasteiger partial charge in [-0.3, -0.25) is 0 Å². The minimum atomic E-state index is -4.44. The highest BCUT2D eigenvalue weighted by Crippen LogP contribution is 2.28. The highest BCUT2D eigenvalue weighted by atomic mass is 35.5. The van der Waals surface area contributed by atoms with Crippen LogP contribution in [0.2, 0.25) is 5.02 Å². The number of hydrogen-bond acceptors (Lipinski definition) is 4. The largest absolute Gasteiger partial charge is 0.499 e. The highest BCUT2D eigenvalue weighted by molar-refractivity contribution is 8.31. The van der Waals surface area contributed by atoms with Gasteiger partial charge in [0, 0.05) is 5.02 Å². The predicted molar refractivity (Wildman–Crippen MR) is 78.4 cm³/mol. The molecular weight excluding hydrogens is 336 g/mol. The second-order valence-corrected chi connectivity index (χ2v) is 9.48. The van der Waals surface area contributed by atoms with Crippen molar-refractivity contribution in [3.05, 3.63) is 34.8 Å². The third kappa shape index (κ3) is 3.03. The lowest BCUT2D eigenvalue weighted by atomic mass is 10.4. The van der Waals surface area contributed by atoms with Crippen LogP contribution in [0.4, 0.5) is 0 Å². The number of halogens is 1. The summed E-state index contributed by atoms with van der Waals surface area (Å²) in [4.78, 5) is 2.26. The summed E-state index contributed by atoms with van der Waals surface area (Å²) in [6, 6.07) is 5.16. The first-order valence-corrected chi connectivity index (χ1v) is 9.67. The van der Waals surface area contributed by atoms with Crippen molar-refractivity contribution in [2.75, 3.05) is 0 Å². The van der Waals surface area contributed by atoms with E-state index < -0.39 is 29.3 Å². The van der Waals surface area contributed by atoms with Crippen molar-refractivity contribution in [3.63, 3.8) is 0 Å². The minimum Gasteiger partial charge on any atom is -0.359 e. The maximum absolute atomic E-state index is 12.4. The molecule has 1 aliphatic rings. The summed E-state index contributed by atoms with van der Waals surface area (Å²) in [5, 5.41) is -0.677. The van der Waals surface area contributed by atoms with E-state index in [9.17, 15) is 16.8 Å². The Kier molecular flexibility index (Phi) is 4.53. The van der Waals surface area contributed by atoms with Crippen molar-refractivity contribution in [1.29, 1.82) is 0 Å². The van der Waals surface area contributed by atoms with Crippen molar-refractivity contribution in [2.24, 2.45) is 0 Å². The fraction of sp³-hybridized carbons (Fsp3) is 0.417. The minimum absolute atomic E-state index is 0.145. The molecule has 9 heteroatoms. The molecule has 0 bridgehead atoms. The quantitative estimate of drug-likeness (QED) is 0.353. The SMILES string of the molecule is [N-]=[N+]=C(S(=O)(=O)c1cccc(Cl)c1)S(=O)(=O)C1CCCC1. The lowest BCUT2D eigenvalue weighted by Gasteiger charge is -2.07. The summed E-state index contributed by atoms with van der Waals surface area (Å²) in [7, 11) is -8.64. The van der Waals surface area contributed by atoms with E-state index in [1.165, 1.54) is 18.2 Å². The van der Waals surface area contributed by atoms with E-state index in [1.54, 1.807) is 0 Å². The number of rotatable bonds is 2. The second kappa shape index (κ2) is 5.88. The van der Waals surface area contributed by atoms with Crippen LogP contribution < -0.4 is 0 Å². The first-order valence-electron chi connectivity index (χ1n) is 6.27. The lowest BCUT2D eigenvalue weighted by Crippen LogP contribution is -2.33. The van der Waals surface area contributed by atoms with Crippen molar-refractivity contribution >= 4 is 35.7 Å². The number of sulfone groups is 2. The van der Waals surface area contributed by atoms with E-state index in [0.717, 1.165) is 6.07 Å². The molecule has 0 amide bonds. The molecule has 0 atom stereocenters. The van der Waals surface area contributed by atoms with Gasteiger partial charge in [0.25, 0.3) is 19.7 Å². The molecule has 0 unspecified atom stereocenters. The van der Waals surface area contributed by atoms with Gasteiger partial charge in [0.05, 0.1) is 10.1 Å². The van der Waals surface area contributed by atoms with Gasteiger partial charge in [0.2, 0.25) is 0 Å². The van der Waals surface area contributed by atoms with E-state index in [2.05, 4.69) is 4.79 Å². The Morgan fingerprint density at radius 3 is 2.33 bits per heavy atom. The molecule has 0 spiro atoms. The van der Waals surface area contributed by atoms with Crippen LogP contribution in [0.15, 0.2) is 29.2 Å². The van der Waals surface area contributed by atoms with Crippen molar-refractivity contribution in [3.8, 4) is 0 Å². The molecule has 0 saturated heterocycles. The van der Waals surface area contributed by atoms with Crippen molar-refractivity contribution < 1.29 is 21.6 Å². The summed E-state index contributed by atoms with van der Waals surface area (Å²) in [5.74, 6) is 0. The fourth-order valence-electron chi connectivity index (χ4n) is 2.34. The summed E-state index contributed by atoms with van der Waals surface area (Å²) >= 11 is 5.72. The number of benzene rings is 1. The van der Waals surface area contributed by atoms with E-state index in [-0.39, 0.29) is 9.92 Å². The number of hydrogen-bond donors (Lipinski definition) is 0. The second-order valence-electron chi connectivity index (χ2n) is 4.78. The molecular formula is C12H13ClN2O4S2. The van der Waals surface area contributed by atoms with Gasteiger partial charge >= 0.3 is 4.38 Å². The molecule has 1 saturated carbocycles. The molecule has 1 aromatic carbocycles. The van der Waals surface area contributed by atoms with Crippen LogP contribution in [-0.4, -0.2) is 31.3 Å². The summed E-state index contributed by atoms with van der Waals surface area (Å²) < 4.78 is 48.3. The number of nitrogens with zero attached hydrogens (tertiary/aromatic N) is 2. The van der Waals surface area contributed by atoms with Crippen LogP contribution in [0, 0.1) is 0 Å². The Morgan fingerprint density at radius 1 is 1.19 bits per heavy atom. The zero-order valence-corrected chi connectivity index (χ0v) is 13.3. The van der Waals surface area contributed by atoms with Gasteiger partial charge in [0.15, 0.2) is 0 Å². The van der Waals surface area contributed by atoms with Crippen LogP contribution >= 0.6 is 11.6 Å². The van der Waals surface area contributed by atoms with Crippen LogP contribution in [0.1, 0.15) is 25.7 Å². The smallest absolute Gasteiger partial charge is 0.359 e. The van der Waals surface area contributed by atoms with Gasteiger partial charge in [-0.15, -0.1) is 4.79 Å². The Balaban J connectivity index is 2.54. The fourth-order valence-corrected chi connectivity index (χ4v) is 6.72. The highest BCUT2D eigenvalue weighted by Gasteiger charge is 2.47. The first kappa shape index (κ1) is 16.2. The van der Waals surface area contributed by atoms with Gasteiger partial charge in [-0.2, -0.15) is 0 Å². The molecule has 0 radical (unpaired) electrons. The van der Waals surface area contributed by atoms with E-state index >= 15 is 0 Å². The summed E-state index contributed by atoms with van der Waals surface area (Å²) in [6.07, 6.45) is 2.15. The van der Waals surface area contributed by atoms with Crippen molar-refractivity contribution in [2.45, 2.75) is 35.8 Å². The molecule has 1 aliphatic carbocycles. The monoisotopic (exact) mass is 348 g/mol. The first-order chi connectivity index (χ1) is 9.80. The van der Waals surface area contributed by atoms with E-state index in [1.807, 2.05) is 0 Å². The third-order valence-electron chi connectivity index (χ3n) is 3.40. The van der Waals surface area contributed by atoms with Crippen molar-refractivity contribution in [1.82, 2.24) is 0 Å². The summed E-state index contributed by atoms with van der Waals surface area (Å²) in [6.45, 7) is 0. The van der Waals surface area contributed by atoms with Gasteiger partial charge in [0.1, 0.15) is 0 Å².